The van der Waals surface area contributed by atoms with E-state index >= 15 is 0 Å². The van der Waals surface area contributed by atoms with E-state index in [1.54, 1.807) is 12.1 Å². The number of nitrogen functional groups attached to an aromatic ring is 1. The van der Waals surface area contributed by atoms with Crippen molar-refractivity contribution in [3.63, 3.8) is 0 Å². The van der Waals surface area contributed by atoms with Crippen molar-refractivity contribution in [1.82, 2.24) is 4.98 Å². The van der Waals surface area contributed by atoms with E-state index in [-0.39, 0.29) is 16.7 Å². The molecule has 0 aliphatic carbocycles. The predicted molar refractivity (Wildman–Crippen MR) is 113 cm³/mol. The number of benzene rings is 1. The van der Waals surface area contributed by atoms with Crippen LogP contribution in [0.3, 0.4) is 0 Å². The fourth-order valence-corrected chi connectivity index (χ4v) is 2.97. The van der Waals surface area contributed by atoms with Crippen molar-refractivity contribution in [1.29, 1.82) is 0 Å². The van der Waals surface area contributed by atoms with Gasteiger partial charge >= 0.3 is 6.09 Å². The number of nitrogens with one attached hydrogen (secondary N) is 1. The van der Waals surface area contributed by atoms with Crippen molar-refractivity contribution in [3.05, 3.63) is 36.4 Å². The van der Waals surface area contributed by atoms with Crippen LogP contribution in [0.15, 0.2) is 46.6 Å². The van der Waals surface area contributed by atoms with Crippen LogP contribution in [0.2, 0.25) is 18.1 Å². The molecule has 2 rings (SSSR count). The van der Waals surface area contributed by atoms with Crippen LogP contribution in [0.1, 0.15) is 20.8 Å². The molecule has 0 fully saturated rings. The van der Waals surface area contributed by atoms with E-state index in [0.717, 1.165) is 0 Å². The highest BCUT2D eigenvalue weighted by molar-refractivity contribution is 6.74. The van der Waals surface area contributed by atoms with Gasteiger partial charge in [-0.2, -0.15) is 0 Å². The zero-order valence-electron chi connectivity index (χ0n) is 17.1. The summed E-state index contributed by atoms with van der Waals surface area (Å²) >= 11 is 0. The third-order valence-electron chi connectivity index (χ3n) is 4.62. The molecule has 3 N–H and O–H groups in total. The van der Waals surface area contributed by atoms with Gasteiger partial charge in [-0.05, 0) is 42.4 Å². The van der Waals surface area contributed by atoms with E-state index in [2.05, 4.69) is 59.1 Å². The van der Waals surface area contributed by atoms with E-state index < -0.39 is 14.4 Å². The molecule has 1 heterocycles. The highest BCUT2D eigenvalue weighted by atomic mass is 28.4. The molecule has 1 amide bonds. The molecule has 0 unspecified atom stereocenters. The molecule has 28 heavy (non-hydrogen) atoms. The first-order valence-electron chi connectivity index (χ1n) is 8.85. The Balaban J connectivity index is 2.25. The second kappa shape index (κ2) is 8.38. The Morgan fingerprint density at radius 3 is 2.36 bits per heavy atom. The summed E-state index contributed by atoms with van der Waals surface area (Å²) in [6.45, 7) is 10.9. The molecule has 1 aromatic carbocycles. The van der Waals surface area contributed by atoms with E-state index in [1.807, 2.05) is 24.3 Å². The Hall–Kier alpha value is -2.94. The summed E-state index contributed by atoms with van der Waals surface area (Å²) in [5.74, 6) is 1.10. The molecule has 0 aliphatic rings. The number of carbonyl (C=O) groups is 1. The minimum absolute atomic E-state index is 0.0636. The zero-order valence-corrected chi connectivity index (χ0v) is 18.1. The molecule has 0 atom stereocenters. The smallest absolute Gasteiger partial charge is 0.412 e. The summed E-state index contributed by atoms with van der Waals surface area (Å²) < 4.78 is 10.9. The number of ether oxygens (including phenoxy) is 1. The molecular weight excluding hydrogens is 374 g/mol. The molecule has 150 valence electrons. The molecule has 9 heteroatoms. The van der Waals surface area contributed by atoms with Gasteiger partial charge in [0.15, 0.2) is 5.82 Å². The number of anilines is 2. The molecule has 2 aromatic rings. The lowest BCUT2D eigenvalue weighted by Gasteiger charge is -2.36. The number of methoxy groups -OCH3 is 1. The molecule has 0 aliphatic heterocycles. The first kappa shape index (κ1) is 21.4. The van der Waals surface area contributed by atoms with Gasteiger partial charge in [-0.25, -0.2) is 9.78 Å². The average molecular weight is 402 g/mol. The SMILES string of the molecule is COC(=O)Nc1ccc(N=Nc2ccccc2O[Si](C)(C)C(C)(C)C)c(N)n1. The van der Waals surface area contributed by atoms with Gasteiger partial charge in [-0.1, -0.05) is 32.9 Å². The topological polar surface area (TPSA) is 111 Å². The van der Waals surface area contributed by atoms with E-state index in [9.17, 15) is 4.79 Å². The Kier molecular flexibility index (Phi) is 6.40. The normalized spacial score (nSPS) is 12.1. The number of carbonyl (C=O) groups excluding carboxylic acids is 1. The lowest BCUT2D eigenvalue weighted by Crippen LogP contribution is -2.43. The number of nitrogens with two attached hydrogens (primary N) is 1. The zero-order chi connectivity index (χ0) is 20.9. The third-order valence-corrected chi connectivity index (χ3v) is 8.96. The molecule has 0 saturated carbocycles. The fourth-order valence-electron chi connectivity index (χ4n) is 1.94. The van der Waals surface area contributed by atoms with Gasteiger partial charge in [0.25, 0.3) is 8.32 Å². The summed E-state index contributed by atoms with van der Waals surface area (Å²) in [6, 6.07) is 10.7. The maximum Gasteiger partial charge on any atom is 0.412 e. The minimum atomic E-state index is -2.01. The van der Waals surface area contributed by atoms with Gasteiger partial charge in [0.05, 0.1) is 7.11 Å². The Morgan fingerprint density at radius 1 is 1.11 bits per heavy atom. The monoisotopic (exact) mass is 401 g/mol. The number of hydrogen-bond acceptors (Lipinski definition) is 7. The summed E-state index contributed by atoms with van der Waals surface area (Å²) in [4.78, 5) is 15.3. The summed E-state index contributed by atoms with van der Waals surface area (Å²) in [7, 11) is -0.746. The maximum atomic E-state index is 11.2. The van der Waals surface area contributed by atoms with Crippen LogP contribution in [0.5, 0.6) is 5.75 Å². The van der Waals surface area contributed by atoms with E-state index in [0.29, 0.717) is 17.1 Å². The van der Waals surface area contributed by atoms with Crippen LogP contribution >= 0.6 is 0 Å². The van der Waals surface area contributed by atoms with Crippen LogP contribution in [0, 0.1) is 0 Å². The Bertz CT molecular complexity index is 878. The lowest BCUT2D eigenvalue weighted by atomic mass is 10.2. The van der Waals surface area contributed by atoms with Gasteiger partial charge in [0.1, 0.15) is 22.9 Å². The molecule has 0 spiro atoms. The number of azo groups is 1. The highest BCUT2D eigenvalue weighted by Gasteiger charge is 2.39. The van der Waals surface area contributed by atoms with Crippen molar-refractivity contribution in [3.8, 4) is 5.75 Å². The number of para-hydroxylation sites is 1. The second-order valence-corrected chi connectivity index (χ2v) is 12.5. The van der Waals surface area contributed by atoms with Crippen LogP contribution in [0.4, 0.5) is 27.8 Å². The van der Waals surface area contributed by atoms with Crippen LogP contribution in [-0.4, -0.2) is 26.5 Å². The van der Waals surface area contributed by atoms with Gasteiger partial charge in [0.2, 0.25) is 0 Å². The van der Waals surface area contributed by atoms with Crippen molar-refractivity contribution in [2.75, 3.05) is 18.2 Å². The molecule has 0 saturated heterocycles. The first-order chi connectivity index (χ1) is 13.0. The number of amides is 1. The summed E-state index contributed by atoms with van der Waals surface area (Å²) in [5.41, 5.74) is 6.92. The lowest BCUT2D eigenvalue weighted by molar-refractivity contribution is 0.187. The fraction of sp³-hybridized carbons (Fsp3) is 0.368. The van der Waals surface area contributed by atoms with Crippen molar-refractivity contribution >= 4 is 37.4 Å². The van der Waals surface area contributed by atoms with Crippen LogP contribution in [0.25, 0.3) is 0 Å². The largest absolute Gasteiger partial charge is 0.542 e. The Morgan fingerprint density at radius 2 is 1.75 bits per heavy atom. The van der Waals surface area contributed by atoms with Gasteiger partial charge in [-0.15, -0.1) is 10.2 Å². The number of rotatable bonds is 5. The third kappa shape index (κ3) is 5.29. The number of nitrogens with zero attached hydrogens (tertiary/aromatic N) is 3. The van der Waals surface area contributed by atoms with Crippen molar-refractivity contribution < 1.29 is 14.0 Å². The summed E-state index contributed by atoms with van der Waals surface area (Å²) in [6.07, 6.45) is -0.627. The van der Waals surface area contributed by atoms with Crippen LogP contribution < -0.4 is 15.5 Å². The average Bonchev–Trinajstić information content (AvgIpc) is 2.61. The molecule has 1 aromatic heterocycles. The number of pyridine rings is 1. The molecule has 0 bridgehead atoms. The minimum Gasteiger partial charge on any atom is -0.542 e. The maximum absolute atomic E-state index is 11.2. The quantitative estimate of drug-likeness (QED) is 0.497. The second-order valence-electron chi connectivity index (χ2n) is 7.75. The number of hydrogen-bond donors (Lipinski definition) is 2. The molecular formula is C19H27N5O3Si. The number of aromatic nitrogens is 1. The van der Waals surface area contributed by atoms with E-state index in [4.69, 9.17) is 10.2 Å². The van der Waals surface area contributed by atoms with Crippen molar-refractivity contribution in [2.45, 2.75) is 38.9 Å². The van der Waals surface area contributed by atoms with Crippen LogP contribution in [-0.2, 0) is 4.74 Å². The Labute approximate surface area is 166 Å². The summed E-state index contributed by atoms with van der Waals surface area (Å²) in [5, 5.41) is 11.0. The van der Waals surface area contributed by atoms with Crippen molar-refractivity contribution in [2.24, 2.45) is 10.2 Å². The first-order valence-corrected chi connectivity index (χ1v) is 11.8. The molecule has 8 nitrogen and oxygen atoms in total. The van der Waals surface area contributed by atoms with Gasteiger partial charge in [-0.3, -0.25) is 5.32 Å². The standard InChI is InChI=1S/C19H27N5O3Si/c1-19(2,3)28(5,6)27-15-10-8-7-9-13(15)23-24-14-11-12-16(21-17(14)20)22-18(25)26-4/h7-12H,1-6H3,(H3,20,21,22,25). The van der Waals surface area contributed by atoms with Gasteiger partial charge < -0.3 is 14.9 Å². The molecule has 0 radical (unpaired) electrons. The van der Waals surface area contributed by atoms with E-state index in [1.165, 1.54) is 7.11 Å². The van der Waals surface area contributed by atoms with Gasteiger partial charge in [0, 0.05) is 0 Å². The highest BCUT2D eigenvalue weighted by Crippen LogP contribution is 2.40. The predicted octanol–water partition coefficient (Wildman–Crippen LogP) is 5.64.